The topological polar surface area (TPSA) is 102 Å². The first kappa shape index (κ1) is 18.3. The number of hydrogen-bond acceptors (Lipinski definition) is 6. The SMILES string of the molecule is Cc1ccn(-c2ccc(NCCNS(=O)(=O)c3ccc(Cl)cc3)nn2)n1. The van der Waals surface area contributed by atoms with Crippen molar-refractivity contribution in [2.45, 2.75) is 11.8 Å². The van der Waals surface area contributed by atoms with E-state index in [1.807, 2.05) is 13.0 Å². The monoisotopic (exact) mass is 392 g/mol. The van der Waals surface area contributed by atoms with E-state index in [1.54, 1.807) is 23.0 Å². The summed E-state index contributed by atoms with van der Waals surface area (Å²) in [6, 6.07) is 11.4. The molecule has 1 aromatic carbocycles. The summed E-state index contributed by atoms with van der Waals surface area (Å²) in [4.78, 5) is 0.167. The second-order valence-electron chi connectivity index (χ2n) is 5.46. The van der Waals surface area contributed by atoms with E-state index in [0.29, 0.717) is 23.2 Å². The van der Waals surface area contributed by atoms with E-state index < -0.39 is 10.0 Å². The van der Waals surface area contributed by atoms with Gasteiger partial charge in [0.25, 0.3) is 0 Å². The Hall–Kier alpha value is -2.49. The minimum absolute atomic E-state index is 0.167. The van der Waals surface area contributed by atoms with Crippen LogP contribution in [0.3, 0.4) is 0 Å². The molecule has 8 nitrogen and oxygen atoms in total. The highest BCUT2D eigenvalue weighted by molar-refractivity contribution is 7.89. The first-order valence-electron chi connectivity index (χ1n) is 7.79. The lowest BCUT2D eigenvalue weighted by atomic mass is 10.4. The van der Waals surface area contributed by atoms with Crippen LogP contribution in [0.15, 0.2) is 53.6 Å². The molecule has 10 heteroatoms. The number of nitrogens with one attached hydrogen (secondary N) is 2. The maximum absolute atomic E-state index is 12.1. The summed E-state index contributed by atoms with van der Waals surface area (Å²) >= 11 is 5.76. The maximum Gasteiger partial charge on any atom is 0.240 e. The Labute approximate surface area is 156 Å². The lowest BCUT2D eigenvalue weighted by Crippen LogP contribution is -2.29. The average Bonchev–Trinajstić information content (AvgIpc) is 3.06. The van der Waals surface area contributed by atoms with Gasteiger partial charge >= 0.3 is 0 Å². The molecule has 0 aliphatic carbocycles. The number of sulfonamides is 1. The fourth-order valence-electron chi connectivity index (χ4n) is 2.16. The molecule has 0 aliphatic rings. The molecule has 3 aromatic rings. The maximum atomic E-state index is 12.1. The first-order valence-corrected chi connectivity index (χ1v) is 9.66. The van der Waals surface area contributed by atoms with E-state index in [-0.39, 0.29) is 11.4 Å². The molecule has 2 aromatic heterocycles. The van der Waals surface area contributed by atoms with Gasteiger partial charge in [-0.3, -0.25) is 0 Å². The number of nitrogens with zero attached hydrogens (tertiary/aromatic N) is 4. The molecule has 0 bridgehead atoms. The number of anilines is 1. The Morgan fingerprint density at radius 1 is 1.04 bits per heavy atom. The van der Waals surface area contributed by atoms with Crippen LogP contribution in [0.5, 0.6) is 0 Å². The van der Waals surface area contributed by atoms with E-state index in [1.165, 1.54) is 24.3 Å². The van der Waals surface area contributed by atoms with E-state index in [4.69, 9.17) is 11.6 Å². The van der Waals surface area contributed by atoms with Gasteiger partial charge in [0, 0.05) is 24.3 Å². The largest absolute Gasteiger partial charge is 0.367 e. The standard InChI is InChI=1S/C16H17ClN6O2S/c1-12-8-11-23(22-12)16-7-6-15(20-21-16)18-9-10-19-26(24,25)14-4-2-13(17)3-5-14/h2-8,11,19H,9-10H2,1H3,(H,18,20). The second kappa shape index (κ2) is 7.81. The summed E-state index contributed by atoms with van der Waals surface area (Å²) < 4.78 is 28.4. The van der Waals surface area contributed by atoms with Crippen LogP contribution in [0.4, 0.5) is 5.82 Å². The predicted molar refractivity (Wildman–Crippen MR) is 99.0 cm³/mol. The Kier molecular flexibility index (Phi) is 5.50. The van der Waals surface area contributed by atoms with Crippen molar-refractivity contribution in [1.29, 1.82) is 0 Å². The molecule has 0 unspecified atom stereocenters. The Bertz CT molecular complexity index is 971. The number of benzene rings is 1. The van der Waals surface area contributed by atoms with Crippen molar-refractivity contribution in [2.75, 3.05) is 18.4 Å². The lowest BCUT2D eigenvalue weighted by molar-refractivity contribution is 0.583. The van der Waals surface area contributed by atoms with E-state index >= 15 is 0 Å². The molecule has 136 valence electrons. The zero-order valence-electron chi connectivity index (χ0n) is 13.9. The second-order valence-corrected chi connectivity index (χ2v) is 7.66. The highest BCUT2D eigenvalue weighted by Crippen LogP contribution is 2.13. The molecule has 3 rings (SSSR count). The predicted octanol–water partition coefficient (Wildman–Crippen LogP) is 2.01. The molecule has 0 spiro atoms. The van der Waals surface area contributed by atoms with Crippen LogP contribution in [0.2, 0.25) is 5.02 Å². The molecular weight excluding hydrogens is 376 g/mol. The van der Waals surface area contributed by atoms with Crippen molar-refractivity contribution < 1.29 is 8.42 Å². The highest BCUT2D eigenvalue weighted by atomic mass is 35.5. The summed E-state index contributed by atoms with van der Waals surface area (Å²) in [7, 11) is -3.57. The third-order valence-corrected chi connectivity index (χ3v) is 5.18. The quantitative estimate of drug-likeness (QED) is 0.596. The van der Waals surface area contributed by atoms with Crippen molar-refractivity contribution in [3.05, 3.63) is 59.4 Å². The van der Waals surface area contributed by atoms with Gasteiger partial charge in [0.15, 0.2) is 5.82 Å². The van der Waals surface area contributed by atoms with Gasteiger partial charge < -0.3 is 5.32 Å². The van der Waals surface area contributed by atoms with Gasteiger partial charge in [-0.25, -0.2) is 17.8 Å². The number of halogens is 1. The molecule has 0 aliphatic heterocycles. The summed E-state index contributed by atoms with van der Waals surface area (Å²) in [5, 5.41) is 15.9. The molecule has 0 atom stereocenters. The molecule has 0 fully saturated rings. The molecule has 0 radical (unpaired) electrons. The third-order valence-electron chi connectivity index (χ3n) is 3.45. The lowest BCUT2D eigenvalue weighted by Gasteiger charge is -2.08. The molecule has 0 saturated heterocycles. The summed E-state index contributed by atoms with van der Waals surface area (Å²) in [6.45, 7) is 2.46. The number of rotatable bonds is 7. The fraction of sp³-hybridized carbons (Fsp3) is 0.188. The van der Waals surface area contributed by atoms with Crippen LogP contribution in [0.25, 0.3) is 5.82 Å². The van der Waals surface area contributed by atoms with Gasteiger partial charge in [0.1, 0.15) is 5.82 Å². The molecule has 26 heavy (non-hydrogen) atoms. The molecule has 2 N–H and O–H groups in total. The Morgan fingerprint density at radius 2 is 1.81 bits per heavy atom. The molecule has 2 heterocycles. The normalized spacial score (nSPS) is 11.5. The Balaban J connectivity index is 1.51. The van der Waals surface area contributed by atoms with E-state index in [0.717, 1.165) is 5.69 Å². The summed E-state index contributed by atoms with van der Waals surface area (Å²) in [5.74, 6) is 1.15. The van der Waals surface area contributed by atoms with Crippen molar-refractivity contribution >= 4 is 27.4 Å². The van der Waals surface area contributed by atoms with Crippen LogP contribution in [-0.4, -0.2) is 41.5 Å². The average molecular weight is 393 g/mol. The zero-order valence-corrected chi connectivity index (χ0v) is 15.5. The fourth-order valence-corrected chi connectivity index (χ4v) is 3.32. The first-order chi connectivity index (χ1) is 12.4. The van der Waals surface area contributed by atoms with Crippen LogP contribution in [-0.2, 0) is 10.0 Å². The van der Waals surface area contributed by atoms with Crippen LogP contribution in [0, 0.1) is 6.92 Å². The van der Waals surface area contributed by atoms with Gasteiger partial charge in [-0.05, 0) is 49.4 Å². The number of aromatic nitrogens is 4. The molecule has 0 amide bonds. The minimum atomic E-state index is -3.57. The van der Waals surface area contributed by atoms with Crippen molar-refractivity contribution in [1.82, 2.24) is 24.7 Å². The van der Waals surface area contributed by atoms with E-state index in [9.17, 15) is 8.42 Å². The van der Waals surface area contributed by atoms with Gasteiger partial charge in [-0.2, -0.15) is 5.10 Å². The van der Waals surface area contributed by atoms with E-state index in [2.05, 4.69) is 25.3 Å². The molecular formula is C16H17ClN6O2S. The number of aryl methyl sites for hydroxylation is 1. The van der Waals surface area contributed by atoms with Crippen LogP contribution < -0.4 is 10.0 Å². The molecule has 0 saturated carbocycles. The number of hydrogen-bond donors (Lipinski definition) is 2. The minimum Gasteiger partial charge on any atom is -0.367 e. The smallest absolute Gasteiger partial charge is 0.240 e. The highest BCUT2D eigenvalue weighted by Gasteiger charge is 2.12. The summed E-state index contributed by atoms with van der Waals surface area (Å²) in [6.07, 6.45) is 1.80. The van der Waals surface area contributed by atoms with Gasteiger partial charge in [0.2, 0.25) is 10.0 Å². The van der Waals surface area contributed by atoms with Crippen molar-refractivity contribution in [2.24, 2.45) is 0 Å². The van der Waals surface area contributed by atoms with Gasteiger partial charge in [-0.1, -0.05) is 11.6 Å². The van der Waals surface area contributed by atoms with Gasteiger partial charge in [-0.15, -0.1) is 10.2 Å². The Morgan fingerprint density at radius 3 is 2.42 bits per heavy atom. The third kappa shape index (κ3) is 4.57. The van der Waals surface area contributed by atoms with Crippen LogP contribution in [0.1, 0.15) is 5.69 Å². The summed E-state index contributed by atoms with van der Waals surface area (Å²) in [5.41, 5.74) is 0.891. The van der Waals surface area contributed by atoms with Crippen molar-refractivity contribution in [3.8, 4) is 5.82 Å². The zero-order chi connectivity index (χ0) is 18.6. The van der Waals surface area contributed by atoms with Crippen molar-refractivity contribution in [3.63, 3.8) is 0 Å². The van der Waals surface area contributed by atoms with Gasteiger partial charge in [0.05, 0.1) is 10.6 Å². The van der Waals surface area contributed by atoms with Crippen LogP contribution >= 0.6 is 11.6 Å².